The van der Waals surface area contributed by atoms with Gasteiger partial charge >= 0.3 is 0 Å². The third kappa shape index (κ3) is 5.32. The minimum Gasteiger partial charge on any atom is -0.494 e. The summed E-state index contributed by atoms with van der Waals surface area (Å²) in [5.41, 5.74) is 1.06. The number of hydrogen-bond donors (Lipinski definition) is 1. The summed E-state index contributed by atoms with van der Waals surface area (Å²) < 4.78 is 11.6. The molecule has 1 N–H and O–H groups in total. The SMILES string of the molecule is CCCOc1cccc(NCC(CC)Oc2ccccc2)c1. The topological polar surface area (TPSA) is 30.5 Å². The Kier molecular flexibility index (Phi) is 6.62. The molecule has 0 saturated heterocycles. The normalized spacial score (nSPS) is 11.7. The zero-order valence-electron chi connectivity index (χ0n) is 13.4. The van der Waals surface area contributed by atoms with E-state index in [9.17, 15) is 0 Å². The maximum Gasteiger partial charge on any atom is 0.121 e. The van der Waals surface area contributed by atoms with Crippen LogP contribution in [-0.4, -0.2) is 19.3 Å². The summed E-state index contributed by atoms with van der Waals surface area (Å²) in [6, 6.07) is 18.0. The highest BCUT2D eigenvalue weighted by Crippen LogP contribution is 2.18. The third-order valence-electron chi connectivity index (χ3n) is 3.34. The highest BCUT2D eigenvalue weighted by Gasteiger charge is 2.08. The van der Waals surface area contributed by atoms with E-state index < -0.39 is 0 Å². The van der Waals surface area contributed by atoms with Gasteiger partial charge in [-0.25, -0.2) is 0 Å². The number of ether oxygens (including phenoxy) is 2. The minimum absolute atomic E-state index is 0.141. The van der Waals surface area contributed by atoms with E-state index >= 15 is 0 Å². The summed E-state index contributed by atoms with van der Waals surface area (Å²) in [5, 5.41) is 3.43. The Hall–Kier alpha value is -2.16. The van der Waals surface area contributed by atoms with Gasteiger partial charge in [-0.2, -0.15) is 0 Å². The Morgan fingerprint density at radius 1 is 0.955 bits per heavy atom. The van der Waals surface area contributed by atoms with Crippen LogP contribution in [0.4, 0.5) is 5.69 Å². The first kappa shape index (κ1) is 16.2. The van der Waals surface area contributed by atoms with Crippen LogP contribution in [-0.2, 0) is 0 Å². The Morgan fingerprint density at radius 2 is 1.73 bits per heavy atom. The van der Waals surface area contributed by atoms with Crippen molar-refractivity contribution in [2.75, 3.05) is 18.5 Å². The van der Waals surface area contributed by atoms with Gasteiger partial charge in [0.25, 0.3) is 0 Å². The monoisotopic (exact) mass is 299 g/mol. The first-order valence-corrected chi connectivity index (χ1v) is 8.00. The van der Waals surface area contributed by atoms with Crippen molar-refractivity contribution in [3.63, 3.8) is 0 Å². The minimum atomic E-state index is 0.141. The summed E-state index contributed by atoms with van der Waals surface area (Å²) in [6.45, 7) is 5.76. The standard InChI is InChI=1S/C19H25NO2/c1-3-13-21-19-12-8-9-16(14-19)20-15-17(4-2)22-18-10-6-5-7-11-18/h5-12,14,17,20H,3-4,13,15H2,1-2H3. The van der Waals surface area contributed by atoms with Crippen molar-refractivity contribution in [1.82, 2.24) is 0 Å². The van der Waals surface area contributed by atoms with Crippen LogP contribution in [0.3, 0.4) is 0 Å². The quantitative estimate of drug-likeness (QED) is 0.725. The molecule has 118 valence electrons. The molecule has 2 aromatic carbocycles. The molecule has 0 heterocycles. The average molecular weight is 299 g/mol. The Balaban J connectivity index is 1.87. The van der Waals surface area contributed by atoms with Gasteiger partial charge in [0.05, 0.1) is 13.2 Å². The van der Waals surface area contributed by atoms with Gasteiger partial charge in [0.2, 0.25) is 0 Å². The van der Waals surface area contributed by atoms with E-state index in [2.05, 4.69) is 19.2 Å². The molecule has 3 nitrogen and oxygen atoms in total. The van der Waals surface area contributed by atoms with Gasteiger partial charge in [-0.1, -0.05) is 38.1 Å². The van der Waals surface area contributed by atoms with Gasteiger partial charge in [0.1, 0.15) is 17.6 Å². The van der Waals surface area contributed by atoms with Gasteiger partial charge in [0, 0.05) is 11.8 Å². The predicted molar refractivity (Wildman–Crippen MR) is 91.9 cm³/mol. The summed E-state index contributed by atoms with van der Waals surface area (Å²) >= 11 is 0. The van der Waals surface area contributed by atoms with Crippen molar-refractivity contribution in [1.29, 1.82) is 0 Å². The molecule has 3 heteroatoms. The number of anilines is 1. The summed E-state index contributed by atoms with van der Waals surface area (Å²) in [7, 11) is 0. The van der Waals surface area contributed by atoms with Crippen LogP contribution in [0.25, 0.3) is 0 Å². The summed E-state index contributed by atoms with van der Waals surface area (Å²) in [6.07, 6.45) is 2.11. The van der Waals surface area contributed by atoms with E-state index in [1.165, 1.54) is 0 Å². The lowest BCUT2D eigenvalue weighted by molar-refractivity contribution is 0.210. The summed E-state index contributed by atoms with van der Waals surface area (Å²) in [4.78, 5) is 0. The molecule has 0 aliphatic carbocycles. The molecular weight excluding hydrogens is 274 g/mol. The molecule has 0 aliphatic rings. The molecule has 2 aromatic rings. The van der Waals surface area contributed by atoms with E-state index in [1.807, 2.05) is 54.6 Å². The van der Waals surface area contributed by atoms with E-state index in [-0.39, 0.29) is 6.10 Å². The number of nitrogens with one attached hydrogen (secondary N) is 1. The third-order valence-corrected chi connectivity index (χ3v) is 3.34. The molecule has 2 rings (SSSR count). The van der Waals surface area contributed by atoms with Crippen LogP contribution < -0.4 is 14.8 Å². The molecule has 0 aromatic heterocycles. The van der Waals surface area contributed by atoms with Crippen LogP contribution in [0, 0.1) is 0 Å². The summed E-state index contributed by atoms with van der Waals surface area (Å²) in [5.74, 6) is 1.82. The average Bonchev–Trinajstić information content (AvgIpc) is 2.58. The molecule has 0 radical (unpaired) electrons. The molecule has 0 spiro atoms. The molecule has 0 saturated carbocycles. The molecule has 0 fully saturated rings. The molecule has 22 heavy (non-hydrogen) atoms. The molecule has 0 aliphatic heterocycles. The first-order chi connectivity index (χ1) is 10.8. The van der Waals surface area contributed by atoms with Crippen molar-refractivity contribution in [3.8, 4) is 11.5 Å². The van der Waals surface area contributed by atoms with E-state index in [0.717, 1.165) is 43.2 Å². The first-order valence-electron chi connectivity index (χ1n) is 8.00. The van der Waals surface area contributed by atoms with Crippen LogP contribution in [0.5, 0.6) is 11.5 Å². The number of rotatable bonds is 9. The van der Waals surface area contributed by atoms with Crippen LogP contribution in [0.2, 0.25) is 0 Å². The van der Waals surface area contributed by atoms with Gasteiger partial charge in [-0.05, 0) is 37.1 Å². The maximum absolute atomic E-state index is 5.99. The van der Waals surface area contributed by atoms with Gasteiger partial charge in [0.15, 0.2) is 0 Å². The van der Waals surface area contributed by atoms with E-state index in [4.69, 9.17) is 9.47 Å². The Labute approximate surface area is 133 Å². The van der Waals surface area contributed by atoms with Crippen LogP contribution >= 0.6 is 0 Å². The largest absolute Gasteiger partial charge is 0.494 e. The van der Waals surface area contributed by atoms with Crippen molar-refractivity contribution in [2.24, 2.45) is 0 Å². The van der Waals surface area contributed by atoms with Gasteiger partial charge < -0.3 is 14.8 Å². The van der Waals surface area contributed by atoms with Crippen LogP contribution in [0.1, 0.15) is 26.7 Å². The molecular formula is C19H25NO2. The van der Waals surface area contributed by atoms with Gasteiger partial charge in [-0.3, -0.25) is 0 Å². The molecule has 1 atom stereocenters. The Morgan fingerprint density at radius 3 is 2.45 bits per heavy atom. The van der Waals surface area contributed by atoms with Crippen LogP contribution in [0.15, 0.2) is 54.6 Å². The van der Waals surface area contributed by atoms with Crippen molar-refractivity contribution in [2.45, 2.75) is 32.8 Å². The van der Waals surface area contributed by atoms with Crippen molar-refractivity contribution < 1.29 is 9.47 Å². The van der Waals surface area contributed by atoms with Crippen molar-refractivity contribution in [3.05, 3.63) is 54.6 Å². The zero-order valence-corrected chi connectivity index (χ0v) is 13.4. The predicted octanol–water partition coefficient (Wildman–Crippen LogP) is 4.74. The Bertz CT molecular complexity index is 542. The van der Waals surface area contributed by atoms with E-state index in [0.29, 0.717) is 0 Å². The molecule has 0 bridgehead atoms. The van der Waals surface area contributed by atoms with Crippen molar-refractivity contribution >= 4 is 5.69 Å². The highest BCUT2D eigenvalue weighted by molar-refractivity contribution is 5.48. The number of benzene rings is 2. The number of para-hydroxylation sites is 1. The zero-order chi connectivity index (χ0) is 15.6. The molecule has 0 amide bonds. The van der Waals surface area contributed by atoms with Gasteiger partial charge in [-0.15, -0.1) is 0 Å². The second kappa shape index (κ2) is 8.98. The second-order valence-electron chi connectivity index (χ2n) is 5.22. The lowest BCUT2D eigenvalue weighted by atomic mass is 10.2. The fourth-order valence-corrected chi connectivity index (χ4v) is 2.11. The maximum atomic E-state index is 5.99. The lowest BCUT2D eigenvalue weighted by Gasteiger charge is -2.19. The highest BCUT2D eigenvalue weighted by atomic mass is 16.5. The number of hydrogen-bond acceptors (Lipinski definition) is 3. The lowest BCUT2D eigenvalue weighted by Crippen LogP contribution is -2.25. The fourth-order valence-electron chi connectivity index (χ4n) is 2.11. The second-order valence-corrected chi connectivity index (χ2v) is 5.22. The van der Waals surface area contributed by atoms with E-state index in [1.54, 1.807) is 0 Å². The smallest absolute Gasteiger partial charge is 0.121 e. The molecule has 1 unspecified atom stereocenters. The fraction of sp³-hybridized carbons (Fsp3) is 0.368.